The van der Waals surface area contributed by atoms with E-state index in [4.69, 9.17) is 12.2 Å². The molecule has 1 saturated carbocycles. The minimum Gasteiger partial charge on any atom is -0.360 e. The van der Waals surface area contributed by atoms with Crippen LogP contribution in [0.4, 0.5) is 5.69 Å². The van der Waals surface area contributed by atoms with Crippen LogP contribution in [0.25, 0.3) is 11.1 Å². The third-order valence-corrected chi connectivity index (χ3v) is 3.39. The van der Waals surface area contributed by atoms with Gasteiger partial charge in [0.15, 0.2) is 5.11 Å². The van der Waals surface area contributed by atoms with Gasteiger partial charge in [-0.2, -0.15) is 0 Å². The topological polar surface area (TPSA) is 24.1 Å². The SMILES string of the molecule is S=C(Nc1ccccc1-c1ccccc1)NC1CC1. The van der Waals surface area contributed by atoms with Crippen molar-refractivity contribution >= 4 is 23.0 Å². The first-order valence-electron chi connectivity index (χ1n) is 6.55. The smallest absolute Gasteiger partial charge is 0.171 e. The minimum atomic E-state index is 0.573. The lowest BCUT2D eigenvalue weighted by molar-refractivity contribution is 0.919. The highest BCUT2D eigenvalue weighted by Crippen LogP contribution is 2.27. The fourth-order valence-electron chi connectivity index (χ4n) is 2.03. The van der Waals surface area contributed by atoms with E-state index in [9.17, 15) is 0 Å². The summed E-state index contributed by atoms with van der Waals surface area (Å²) in [5.41, 5.74) is 3.41. The first kappa shape index (κ1) is 12.2. The lowest BCUT2D eigenvalue weighted by Gasteiger charge is -2.13. The van der Waals surface area contributed by atoms with Crippen LogP contribution in [-0.2, 0) is 0 Å². The van der Waals surface area contributed by atoms with Crippen molar-refractivity contribution in [3.05, 3.63) is 54.6 Å². The van der Waals surface area contributed by atoms with Crippen LogP contribution in [-0.4, -0.2) is 11.2 Å². The maximum Gasteiger partial charge on any atom is 0.171 e. The molecule has 2 nitrogen and oxygen atoms in total. The van der Waals surface area contributed by atoms with Crippen LogP contribution >= 0.6 is 12.2 Å². The number of hydrogen-bond acceptors (Lipinski definition) is 1. The molecule has 1 aliphatic rings. The van der Waals surface area contributed by atoms with Crippen LogP contribution in [0.5, 0.6) is 0 Å². The molecule has 1 fully saturated rings. The van der Waals surface area contributed by atoms with Crippen LogP contribution in [0, 0.1) is 0 Å². The molecule has 0 atom stereocenters. The van der Waals surface area contributed by atoms with Crippen molar-refractivity contribution in [2.24, 2.45) is 0 Å². The second kappa shape index (κ2) is 5.41. The molecule has 0 unspecified atom stereocenters. The largest absolute Gasteiger partial charge is 0.360 e. The third-order valence-electron chi connectivity index (χ3n) is 3.17. The van der Waals surface area contributed by atoms with Crippen molar-refractivity contribution < 1.29 is 0 Å². The van der Waals surface area contributed by atoms with Gasteiger partial charge in [0.05, 0.1) is 0 Å². The first-order chi connectivity index (χ1) is 9.33. The van der Waals surface area contributed by atoms with Gasteiger partial charge >= 0.3 is 0 Å². The molecule has 0 spiro atoms. The Kier molecular flexibility index (Phi) is 3.47. The molecule has 1 aliphatic carbocycles. The van der Waals surface area contributed by atoms with Crippen LogP contribution < -0.4 is 10.6 Å². The van der Waals surface area contributed by atoms with Crippen LogP contribution in [0.1, 0.15) is 12.8 Å². The average molecular weight is 268 g/mol. The van der Waals surface area contributed by atoms with E-state index in [0.29, 0.717) is 11.2 Å². The number of rotatable bonds is 3. The monoisotopic (exact) mass is 268 g/mol. The van der Waals surface area contributed by atoms with E-state index in [2.05, 4.69) is 34.9 Å². The molecule has 19 heavy (non-hydrogen) atoms. The Labute approximate surface area is 118 Å². The summed E-state index contributed by atoms with van der Waals surface area (Å²) < 4.78 is 0. The standard InChI is InChI=1S/C16H16N2S/c19-16(17-13-10-11-13)18-15-9-5-4-8-14(15)12-6-2-1-3-7-12/h1-9,13H,10-11H2,(H2,17,18,19). The van der Waals surface area contributed by atoms with Crippen LogP contribution in [0.15, 0.2) is 54.6 Å². The van der Waals surface area contributed by atoms with E-state index in [1.807, 2.05) is 30.3 Å². The number of hydrogen-bond donors (Lipinski definition) is 2. The molecule has 0 saturated heterocycles. The summed E-state index contributed by atoms with van der Waals surface area (Å²) >= 11 is 5.34. The minimum absolute atomic E-state index is 0.573. The van der Waals surface area contributed by atoms with Crippen LogP contribution in [0.3, 0.4) is 0 Å². The third kappa shape index (κ3) is 3.12. The van der Waals surface area contributed by atoms with Crippen molar-refractivity contribution in [3.8, 4) is 11.1 Å². The molecule has 0 heterocycles. The molecule has 0 aromatic heterocycles. The fourth-order valence-corrected chi connectivity index (χ4v) is 2.31. The number of anilines is 1. The average Bonchev–Trinajstić information content (AvgIpc) is 3.24. The highest BCUT2D eigenvalue weighted by atomic mass is 32.1. The van der Waals surface area contributed by atoms with Gasteiger partial charge in [-0.25, -0.2) is 0 Å². The molecule has 2 aromatic rings. The molecule has 0 bridgehead atoms. The maximum atomic E-state index is 5.34. The Morgan fingerprint density at radius 3 is 2.37 bits per heavy atom. The van der Waals surface area contributed by atoms with Crippen LogP contribution in [0.2, 0.25) is 0 Å². The zero-order valence-corrected chi connectivity index (χ0v) is 11.4. The summed E-state index contributed by atoms with van der Waals surface area (Å²) in [7, 11) is 0. The molecular weight excluding hydrogens is 252 g/mol. The lowest BCUT2D eigenvalue weighted by atomic mass is 10.0. The van der Waals surface area contributed by atoms with Gasteiger partial charge in [-0.3, -0.25) is 0 Å². The summed E-state index contributed by atoms with van der Waals surface area (Å²) in [5.74, 6) is 0. The first-order valence-corrected chi connectivity index (χ1v) is 6.96. The Morgan fingerprint density at radius 2 is 1.63 bits per heavy atom. The Hall–Kier alpha value is -1.87. The zero-order chi connectivity index (χ0) is 13.1. The second-order valence-electron chi connectivity index (χ2n) is 4.78. The summed E-state index contributed by atoms with van der Waals surface area (Å²) in [6.45, 7) is 0. The van der Waals surface area contributed by atoms with Crippen molar-refractivity contribution in [3.63, 3.8) is 0 Å². The fraction of sp³-hybridized carbons (Fsp3) is 0.188. The van der Waals surface area contributed by atoms with E-state index in [1.54, 1.807) is 0 Å². The van der Waals surface area contributed by atoms with Gasteiger partial charge in [0.1, 0.15) is 0 Å². The van der Waals surface area contributed by atoms with E-state index < -0.39 is 0 Å². The van der Waals surface area contributed by atoms with Gasteiger partial charge in [-0.05, 0) is 36.7 Å². The normalized spacial score (nSPS) is 13.9. The maximum absolute atomic E-state index is 5.34. The van der Waals surface area contributed by atoms with Gasteiger partial charge < -0.3 is 10.6 Å². The van der Waals surface area contributed by atoms with Crippen molar-refractivity contribution in [1.82, 2.24) is 5.32 Å². The Morgan fingerprint density at radius 1 is 0.947 bits per heavy atom. The van der Waals surface area contributed by atoms with Gasteiger partial charge in [0.2, 0.25) is 0 Å². The molecule has 2 aromatic carbocycles. The number of para-hydroxylation sites is 1. The Balaban J connectivity index is 1.82. The number of nitrogens with one attached hydrogen (secondary N) is 2. The number of benzene rings is 2. The summed E-state index contributed by atoms with van der Waals surface area (Å²) in [4.78, 5) is 0. The van der Waals surface area contributed by atoms with Gasteiger partial charge in [0.25, 0.3) is 0 Å². The highest BCUT2D eigenvalue weighted by molar-refractivity contribution is 7.80. The van der Waals surface area contributed by atoms with Gasteiger partial charge in [-0.15, -0.1) is 0 Å². The predicted octanol–water partition coefficient (Wildman–Crippen LogP) is 3.80. The van der Waals surface area contributed by atoms with E-state index in [-0.39, 0.29) is 0 Å². The van der Waals surface area contributed by atoms with E-state index in [0.717, 1.165) is 5.69 Å². The van der Waals surface area contributed by atoms with Crippen molar-refractivity contribution in [2.75, 3.05) is 5.32 Å². The summed E-state index contributed by atoms with van der Waals surface area (Å²) in [6, 6.07) is 19.2. The molecule has 2 N–H and O–H groups in total. The molecule has 96 valence electrons. The lowest BCUT2D eigenvalue weighted by Crippen LogP contribution is -2.30. The van der Waals surface area contributed by atoms with Crippen molar-refractivity contribution in [1.29, 1.82) is 0 Å². The zero-order valence-electron chi connectivity index (χ0n) is 10.6. The highest BCUT2D eigenvalue weighted by Gasteiger charge is 2.21. The van der Waals surface area contributed by atoms with E-state index >= 15 is 0 Å². The van der Waals surface area contributed by atoms with Gasteiger partial charge in [0, 0.05) is 17.3 Å². The molecule has 3 heteroatoms. The molecule has 0 aliphatic heterocycles. The van der Waals surface area contributed by atoms with Gasteiger partial charge in [-0.1, -0.05) is 48.5 Å². The Bertz CT molecular complexity index is 576. The molecule has 0 radical (unpaired) electrons. The quantitative estimate of drug-likeness (QED) is 0.828. The second-order valence-corrected chi connectivity index (χ2v) is 5.19. The van der Waals surface area contributed by atoms with E-state index in [1.165, 1.54) is 24.0 Å². The summed E-state index contributed by atoms with van der Waals surface area (Å²) in [6.07, 6.45) is 2.45. The predicted molar refractivity (Wildman–Crippen MR) is 84.3 cm³/mol. The van der Waals surface area contributed by atoms with Crippen molar-refractivity contribution in [2.45, 2.75) is 18.9 Å². The number of thiocarbonyl (C=S) groups is 1. The summed E-state index contributed by atoms with van der Waals surface area (Å²) in [5, 5.41) is 7.32. The molecule has 0 amide bonds. The molecule has 3 rings (SSSR count). The molecular formula is C16H16N2S.